The maximum Gasteiger partial charge on any atom is 0.238 e. The molecule has 1 fully saturated rings. The lowest BCUT2D eigenvalue weighted by Gasteiger charge is -2.09. The molecule has 2 N–H and O–H groups in total. The van der Waals surface area contributed by atoms with Crippen LogP contribution in [0.1, 0.15) is 25.3 Å². The number of benzene rings is 2. The first-order valence-corrected chi connectivity index (χ1v) is 11.1. The van der Waals surface area contributed by atoms with Crippen molar-refractivity contribution in [3.8, 4) is 5.75 Å². The molecule has 0 heterocycles. The minimum atomic E-state index is -3.66. The molecule has 2 atom stereocenters. The summed E-state index contributed by atoms with van der Waals surface area (Å²) in [5.74, 6) is 2.63. The Morgan fingerprint density at radius 3 is 2.42 bits per heavy atom. The van der Waals surface area contributed by atoms with Crippen molar-refractivity contribution in [2.75, 3.05) is 12.9 Å². The van der Waals surface area contributed by atoms with E-state index in [1.165, 1.54) is 0 Å². The molecule has 0 spiro atoms. The van der Waals surface area contributed by atoms with E-state index < -0.39 is 10.0 Å². The van der Waals surface area contributed by atoms with Gasteiger partial charge in [0, 0.05) is 10.8 Å². The van der Waals surface area contributed by atoms with E-state index in [1.54, 1.807) is 31.0 Å². The third kappa shape index (κ3) is 3.88. The second kappa shape index (κ2) is 7.08. The molecule has 4 nitrogen and oxygen atoms in total. The summed E-state index contributed by atoms with van der Waals surface area (Å²) in [6.45, 7) is 4.48. The predicted molar refractivity (Wildman–Crippen MR) is 107 cm³/mol. The van der Waals surface area contributed by atoms with Gasteiger partial charge < -0.3 is 4.74 Å². The van der Waals surface area contributed by atoms with Crippen LogP contribution in [0.25, 0.3) is 0 Å². The number of rotatable bonds is 6. The van der Waals surface area contributed by atoms with Crippen LogP contribution in [0.3, 0.4) is 0 Å². The van der Waals surface area contributed by atoms with Gasteiger partial charge in [0.2, 0.25) is 10.0 Å². The number of hydrogen-bond acceptors (Lipinski definition) is 4. The van der Waals surface area contributed by atoms with Gasteiger partial charge in [0.1, 0.15) is 5.75 Å². The molecular formula is C19H22ClNO3S2. The standard InChI is InChI=1S/C19H22ClNO3S2/c1-19(2)15(11-25-17-10-13(20)6-9-16(17)24-3)18(19)12-4-7-14(8-5-12)26(21,22)23/h4-10,15,18H,11H2,1-3H3,(H2,21,22,23)/t15-,18-/m1/s1. The van der Waals surface area contributed by atoms with Crippen molar-refractivity contribution in [1.82, 2.24) is 0 Å². The molecule has 26 heavy (non-hydrogen) atoms. The van der Waals surface area contributed by atoms with E-state index in [9.17, 15) is 8.42 Å². The summed E-state index contributed by atoms with van der Waals surface area (Å²) >= 11 is 7.85. The summed E-state index contributed by atoms with van der Waals surface area (Å²) in [5, 5.41) is 5.87. The Bertz CT molecular complexity index is 911. The minimum absolute atomic E-state index is 0.147. The number of sulfonamides is 1. The predicted octanol–water partition coefficient (Wildman–Crippen LogP) is 4.53. The molecule has 0 aromatic heterocycles. The molecule has 0 saturated heterocycles. The summed E-state index contributed by atoms with van der Waals surface area (Å²) < 4.78 is 28.3. The van der Waals surface area contributed by atoms with Crippen LogP contribution in [-0.2, 0) is 10.0 Å². The Balaban J connectivity index is 1.73. The van der Waals surface area contributed by atoms with Crippen LogP contribution < -0.4 is 9.88 Å². The number of thioether (sulfide) groups is 1. The highest BCUT2D eigenvalue weighted by molar-refractivity contribution is 7.99. The number of primary sulfonamides is 1. The zero-order valence-corrected chi connectivity index (χ0v) is 17.3. The molecule has 0 amide bonds. The Morgan fingerprint density at radius 1 is 1.19 bits per heavy atom. The van der Waals surface area contributed by atoms with Crippen LogP contribution in [0.5, 0.6) is 5.75 Å². The zero-order chi connectivity index (χ0) is 19.1. The fraction of sp³-hybridized carbons (Fsp3) is 0.368. The van der Waals surface area contributed by atoms with Crippen LogP contribution in [-0.4, -0.2) is 21.3 Å². The first kappa shape index (κ1) is 19.5. The third-order valence-electron chi connectivity index (χ3n) is 5.16. The Hall–Kier alpha value is -1.21. The molecule has 2 aromatic carbocycles. The lowest BCUT2D eigenvalue weighted by molar-refractivity contribution is 0.405. The van der Waals surface area contributed by atoms with Crippen LogP contribution >= 0.6 is 23.4 Å². The summed E-state index contributed by atoms with van der Waals surface area (Å²) in [7, 11) is -2.00. The maximum absolute atomic E-state index is 11.4. The van der Waals surface area contributed by atoms with Gasteiger partial charge in [-0.15, -0.1) is 11.8 Å². The molecule has 0 aliphatic heterocycles. The van der Waals surface area contributed by atoms with Crippen molar-refractivity contribution in [2.45, 2.75) is 29.6 Å². The van der Waals surface area contributed by atoms with Gasteiger partial charge >= 0.3 is 0 Å². The normalized spacial score (nSPS) is 21.4. The van der Waals surface area contributed by atoms with Crippen molar-refractivity contribution >= 4 is 33.4 Å². The summed E-state index contributed by atoms with van der Waals surface area (Å²) in [4.78, 5) is 1.18. The largest absolute Gasteiger partial charge is 0.496 e. The van der Waals surface area contributed by atoms with Crippen molar-refractivity contribution in [1.29, 1.82) is 0 Å². The molecule has 1 saturated carbocycles. The number of nitrogens with two attached hydrogens (primary N) is 1. The minimum Gasteiger partial charge on any atom is -0.496 e. The average Bonchev–Trinajstić information content (AvgIpc) is 3.13. The number of ether oxygens (including phenoxy) is 1. The number of halogens is 1. The highest BCUT2D eigenvalue weighted by atomic mass is 35.5. The van der Waals surface area contributed by atoms with Gasteiger partial charge in [-0.1, -0.05) is 37.6 Å². The van der Waals surface area contributed by atoms with Gasteiger partial charge in [-0.2, -0.15) is 0 Å². The second-order valence-electron chi connectivity index (χ2n) is 7.13. The number of hydrogen-bond donors (Lipinski definition) is 1. The lowest BCUT2D eigenvalue weighted by atomic mass is 10.0. The molecular weight excluding hydrogens is 390 g/mol. The van der Waals surface area contributed by atoms with Crippen LogP contribution in [0.4, 0.5) is 0 Å². The summed E-state index contributed by atoms with van der Waals surface area (Å²) in [5.41, 5.74) is 1.30. The molecule has 0 unspecified atom stereocenters. The topological polar surface area (TPSA) is 69.4 Å². The summed E-state index contributed by atoms with van der Waals surface area (Å²) in [6.07, 6.45) is 0. The molecule has 140 valence electrons. The van der Waals surface area contributed by atoms with Gasteiger partial charge in [0.25, 0.3) is 0 Å². The summed E-state index contributed by atoms with van der Waals surface area (Å²) in [6, 6.07) is 12.5. The van der Waals surface area contributed by atoms with E-state index in [0.29, 0.717) is 16.9 Å². The third-order valence-corrected chi connectivity index (χ3v) is 7.48. The van der Waals surface area contributed by atoms with Gasteiger partial charge in [-0.3, -0.25) is 0 Å². The van der Waals surface area contributed by atoms with Crippen molar-refractivity contribution in [3.05, 3.63) is 53.1 Å². The lowest BCUT2D eigenvalue weighted by Crippen LogP contribution is -2.11. The SMILES string of the molecule is COc1ccc(Cl)cc1SC[C@@H]1[C@@H](c2ccc(S(N)(=O)=O)cc2)C1(C)C. The fourth-order valence-corrected chi connectivity index (χ4v) is 5.76. The van der Waals surface area contributed by atoms with Crippen molar-refractivity contribution in [3.63, 3.8) is 0 Å². The molecule has 0 radical (unpaired) electrons. The number of methoxy groups -OCH3 is 1. The van der Waals surface area contributed by atoms with Crippen LogP contribution in [0.15, 0.2) is 52.3 Å². The Kier molecular flexibility index (Phi) is 5.32. The van der Waals surface area contributed by atoms with Gasteiger partial charge in [0.05, 0.1) is 16.9 Å². The van der Waals surface area contributed by atoms with Gasteiger partial charge in [0.15, 0.2) is 0 Å². The highest BCUT2D eigenvalue weighted by Gasteiger charge is 2.57. The van der Waals surface area contributed by atoms with Gasteiger partial charge in [-0.05, 0) is 53.1 Å². The highest BCUT2D eigenvalue weighted by Crippen LogP contribution is 2.65. The molecule has 0 bridgehead atoms. The van der Waals surface area contributed by atoms with E-state index in [1.807, 2.05) is 30.3 Å². The van der Waals surface area contributed by atoms with E-state index in [2.05, 4.69) is 13.8 Å². The van der Waals surface area contributed by atoms with Gasteiger partial charge in [-0.25, -0.2) is 13.6 Å². The molecule has 3 rings (SSSR count). The van der Waals surface area contributed by atoms with Crippen molar-refractivity contribution in [2.24, 2.45) is 16.5 Å². The molecule has 2 aromatic rings. The van der Waals surface area contributed by atoms with E-state index in [0.717, 1.165) is 22.0 Å². The fourth-order valence-electron chi connectivity index (χ4n) is 3.52. The molecule has 1 aliphatic carbocycles. The van der Waals surface area contributed by atoms with Crippen molar-refractivity contribution < 1.29 is 13.2 Å². The monoisotopic (exact) mass is 411 g/mol. The van der Waals surface area contributed by atoms with Crippen LogP contribution in [0.2, 0.25) is 5.02 Å². The first-order chi connectivity index (χ1) is 12.1. The first-order valence-electron chi connectivity index (χ1n) is 8.23. The van der Waals surface area contributed by atoms with E-state index >= 15 is 0 Å². The smallest absolute Gasteiger partial charge is 0.238 e. The Labute approximate surface area is 164 Å². The second-order valence-corrected chi connectivity index (χ2v) is 10.2. The molecule has 7 heteroatoms. The Morgan fingerprint density at radius 2 is 1.85 bits per heavy atom. The maximum atomic E-state index is 11.4. The van der Waals surface area contributed by atoms with E-state index in [-0.39, 0.29) is 10.3 Å². The quantitative estimate of drug-likeness (QED) is 0.709. The zero-order valence-electron chi connectivity index (χ0n) is 14.9. The van der Waals surface area contributed by atoms with Crippen LogP contribution in [0, 0.1) is 11.3 Å². The average molecular weight is 412 g/mol. The van der Waals surface area contributed by atoms with E-state index in [4.69, 9.17) is 21.5 Å². The molecule has 1 aliphatic rings.